The highest BCUT2D eigenvalue weighted by Crippen LogP contribution is 2.36. The van der Waals surface area contributed by atoms with Crippen LogP contribution in [0.5, 0.6) is 0 Å². The van der Waals surface area contributed by atoms with Crippen molar-refractivity contribution in [2.45, 2.75) is 45.1 Å². The molecule has 1 atom stereocenters. The van der Waals surface area contributed by atoms with E-state index in [1.807, 2.05) is 24.8 Å². The molecule has 1 aliphatic heterocycles. The van der Waals surface area contributed by atoms with Crippen LogP contribution in [0.25, 0.3) is 0 Å². The van der Waals surface area contributed by atoms with Crippen molar-refractivity contribution < 1.29 is 9.90 Å². The Kier molecular flexibility index (Phi) is 3.50. The highest BCUT2D eigenvalue weighted by Gasteiger charge is 2.46. The minimum absolute atomic E-state index is 0.591. The van der Waals surface area contributed by atoms with E-state index >= 15 is 0 Å². The number of carboxylic acid groups (broad SMARTS) is 1. The standard InChI is InChI=1S/C13H19N3O2/c1-3-10-8-11(15-9-14-10)16-7-5-6-13(16,4-2)12(17)18/h8-9H,3-7H2,1-2H3,(H,17,18). The van der Waals surface area contributed by atoms with Crippen molar-refractivity contribution in [2.75, 3.05) is 11.4 Å². The van der Waals surface area contributed by atoms with Gasteiger partial charge in [0.05, 0.1) is 0 Å². The van der Waals surface area contributed by atoms with Gasteiger partial charge in [-0.1, -0.05) is 13.8 Å². The molecular weight excluding hydrogens is 230 g/mol. The number of aliphatic carboxylic acids is 1. The third-order valence-electron chi connectivity index (χ3n) is 3.82. The predicted molar refractivity (Wildman–Crippen MR) is 68.6 cm³/mol. The van der Waals surface area contributed by atoms with E-state index in [4.69, 9.17) is 0 Å². The second-order valence-corrected chi connectivity index (χ2v) is 4.67. The van der Waals surface area contributed by atoms with E-state index in [0.29, 0.717) is 12.8 Å². The third-order valence-corrected chi connectivity index (χ3v) is 3.82. The fourth-order valence-corrected chi connectivity index (χ4v) is 2.68. The van der Waals surface area contributed by atoms with Gasteiger partial charge in [0.25, 0.3) is 0 Å². The molecule has 1 N–H and O–H groups in total. The van der Waals surface area contributed by atoms with E-state index in [2.05, 4.69) is 9.97 Å². The quantitative estimate of drug-likeness (QED) is 0.882. The molecule has 0 radical (unpaired) electrons. The normalized spacial score (nSPS) is 23.3. The highest BCUT2D eigenvalue weighted by molar-refractivity contribution is 5.84. The number of rotatable bonds is 4. The molecule has 0 amide bonds. The molecule has 18 heavy (non-hydrogen) atoms. The Balaban J connectivity index is 2.39. The minimum Gasteiger partial charge on any atom is -0.479 e. The number of hydrogen-bond donors (Lipinski definition) is 1. The topological polar surface area (TPSA) is 66.3 Å². The molecular formula is C13H19N3O2. The summed E-state index contributed by atoms with van der Waals surface area (Å²) in [4.78, 5) is 21.9. The molecule has 1 aromatic heterocycles. The van der Waals surface area contributed by atoms with Crippen LogP contribution in [0.4, 0.5) is 5.82 Å². The molecule has 2 heterocycles. The number of aromatic nitrogens is 2. The molecule has 1 fully saturated rings. The van der Waals surface area contributed by atoms with Gasteiger partial charge in [-0.05, 0) is 25.7 Å². The second-order valence-electron chi connectivity index (χ2n) is 4.67. The second kappa shape index (κ2) is 4.92. The van der Waals surface area contributed by atoms with Crippen LogP contribution >= 0.6 is 0 Å². The van der Waals surface area contributed by atoms with Crippen molar-refractivity contribution in [3.8, 4) is 0 Å². The molecule has 0 saturated carbocycles. The summed E-state index contributed by atoms with van der Waals surface area (Å²) in [6.45, 7) is 4.70. The minimum atomic E-state index is -0.792. The van der Waals surface area contributed by atoms with E-state index in [0.717, 1.165) is 30.9 Å². The molecule has 98 valence electrons. The van der Waals surface area contributed by atoms with Gasteiger partial charge in [-0.15, -0.1) is 0 Å². The number of hydrogen-bond acceptors (Lipinski definition) is 4. The lowest BCUT2D eigenvalue weighted by atomic mass is 9.93. The van der Waals surface area contributed by atoms with E-state index in [1.54, 1.807) is 0 Å². The number of aryl methyl sites for hydroxylation is 1. The Labute approximate surface area is 107 Å². The summed E-state index contributed by atoms with van der Waals surface area (Å²) in [6.07, 6.45) is 4.52. The predicted octanol–water partition coefficient (Wildman–Crippen LogP) is 1.87. The summed E-state index contributed by atoms with van der Waals surface area (Å²) in [5.74, 6) is -0.0113. The summed E-state index contributed by atoms with van der Waals surface area (Å²) in [5.41, 5.74) is 0.154. The van der Waals surface area contributed by atoms with Crippen LogP contribution < -0.4 is 4.90 Å². The van der Waals surface area contributed by atoms with Crippen molar-refractivity contribution in [1.29, 1.82) is 0 Å². The Morgan fingerprint density at radius 2 is 2.28 bits per heavy atom. The van der Waals surface area contributed by atoms with Gasteiger partial charge in [0, 0.05) is 18.3 Å². The fourth-order valence-electron chi connectivity index (χ4n) is 2.68. The smallest absolute Gasteiger partial charge is 0.329 e. The number of carbonyl (C=O) groups is 1. The molecule has 1 aromatic rings. The number of nitrogens with zero attached hydrogens (tertiary/aromatic N) is 3. The van der Waals surface area contributed by atoms with Crippen LogP contribution in [0, 0.1) is 0 Å². The van der Waals surface area contributed by atoms with Gasteiger partial charge in [-0.25, -0.2) is 14.8 Å². The van der Waals surface area contributed by atoms with Crippen molar-refractivity contribution in [3.05, 3.63) is 18.1 Å². The molecule has 0 aromatic carbocycles. The molecule has 2 rings (SSSR count). The largest absolute Gasteiger partial charge is 0.479 e. The summed E-state index contributed by atoms with van der Waals surface area (Å²) < 4.78 is 0. The van der Waals surface area contributed by atoms with Gasteiger partial charge < -0.3 is 10.0 Å². The van der Waals surface area contributed by atoms with Gasteiger partial charge in [-0.3, -0.25) is 0 Å². The lowest BCUT2D eigenvalue weighted by molar-refractivity contribution is -0.143. The zero-order chi connectivity index (χ0) is 13.2. The summed E-state index contributed by atoms with van der Waals surface area (Å²) in [5, 5.41) is 9.54. The Bertz CT molecular complexity index is 450. The lowest BCUT2D eigenvalue weighted by Crippen LogP contribution is -2.50. The first-order chi connectivity index (χ1) is 8.64. The van der Waals surface area contributed by atoms with Crippen LogP contribution in [0.2, 0.25) is 0 Å². The van der Waals surface area contributed by atoms with E-state index in [9.17, 15) is 9.90 Å². The van der Waals surface area contributed by atoms with Crippen molar-refractivity contribution in [2.24, 2.45) is 0 Å². The van der Waals surface area contributed by atoms with Crippen LogP contribution in [-0.4, -0.2) is 33.1 Å². The van der Waals surface area contributed by atoms with Crippen molar-refractivity contribution in [1.82, 2.24) is 9.97 Å². The molecule has 5 heteroatoms. The monoisotopic (exact) mass is 249 g/mol. The molecule has 1 unspecified atom stereocenters. The maximum absolute atomic E-state index is 11.6. The van der Waals surface area contributed by atoms with Crippen LogP contribution in [0.15, 0.2) is 12.4 Å². The summed E-state index contributed by atoms with van der Waals surface area (Å²) >= 11 is 0. The number of carboxylic acids is 1. The maximum atomic E-state index is 11.6. The zero-order valence-corrected chi connectivity index (χ0v) is 10.9. The Hall–Kier alpha value is -1.65. The van der Waals surface area contributed by atoms with Gasteiger partial charge in [0.15, 0.2) is 0 Å². The molecule has 1 saturated heterocycles. The van der Waals surface area contributed by atoms with Crippen molar-refractivity contribution in [3.63, 3.8) is 0 Å². The fraction of sp³-hybridized carbons (Fsp3) is 0.615. The molecule has 0 spiro atoms. The van der Waals surface area contributed by atoms with Gasteiger partial charge in [0.1, 0.15) is 17.7 Å². The van der Waals surface area contributed by atoms with Gasteiger partial charge in [0.2, 0.25) is 0 Å². The first kappa shape index (κ1) is 12.8. The molecule has 0 bridgehead atoms. The highest BCUT2D eigenvalue weighted by atomic mass is 16.4. The first-order valence-corrected chi connectivity index (χ1v) is 6.46. The van der Waals surface area contributed by atoms with Gasteiger partial charge in [-0.2, -0.15) is 0 Å². The van der Waals surface area contributed by atoms with Crippen LogP contribution in [0.1, 0.15) is 38.8 Å². The molecule has 1 aliphatic rings. The molecule has 5 nitrogen and oxygen atoms in total. The van der Waals surface area contributed by atoms with E-state index < -0.39 is 11.5 Å². The Morgan fingerprint density at radius 1 is 1.50 bits per heavy atom. The number of anilines is 1. The van der Waals surface area contributed by atoms with E-state index in [-0.39, 0.29) is 0 Å². The lowest BCUT2D eigenvalue weighted by Gasteiger charge is -2.34. The van der Waals surface area contributed by atoms with Crippen LogP contribution in [-0.2, 0) is 11.2 Å². The summed E-state index contributed by atoms with van der Waals surface area (Å²) in [6, 6.07) is 1.90. The van der Waals surface area contributed by atoms with Crippen LogP contribution in [0.3, 0.4) is 0 Å². The SMILES string of the molecule is CCc1cc(N2CCCC2(CC)C(=O)O)ncn1. The third kappa shape index (κ3) is 1.94. The Morgan fingerprint density at radius 3 is 2.89 bits per heavy atom. The van der Waals surface area contributed by atoms with E-state index in [1.165, 1.54) is 6.33 Å². The first-order valence-electron chi connectivity index (χ1n) is 6.46. The average molecular weight is 249 g/mol. The summed E-state index contributed by atoms with van der Waals surface area (Å²) in [7, 11) is 0. The molecule has 0 aliphatic carbocycles. The van der Waals surface area contributed by atoms with Gasteiger partial charge >= 0.3 is 5.97 Å². The zero-order valence-electron chi connectivity index (χ0n) is 10.9. The average Bonchev–Trinajstić information content (AvgIpc) is 2.84. The van der Waals surface area contributed by atoms with Crippen molar-refractivity contribution >= 4 is 11.8 Å². The maximum Gasteiger partial charge on any atom is 0.329 e.